The van der Waals surface area contributed by atoms with E-state index < -0.39 is 5.91 Å². The van der Waals surface area contributed by atoms with Crippen LogP contribution in [-0.2, 0) is 0 Å². The number of rotatable bonds is 5. The van der Waals surface area contributed by atoms with Crippen molar-refractivity contribution < 1.29 is 9.53 Å². The Bertz CT molecular complexity index is 1020. The van der Waals surface area contributed by atoms with Crippen LogP contribution in [0.2, 0.25) is 5.02 Å². The monoisotopic (exact) mass is 379 g/mol. The van der Waals surface area contributed by atoms with Gasteiger partial charge in [0.25, 0.3) is 5.91 Å². The van der Waals surface area contributed by atoms with E-state index in [1.54, 1.807) is 55.6 Å². The number of nitrogens with zero attached hydrogens (tertiary/aromatic N) is 3. The van der Waals surface area contributed by atoms with Crippen molar-refractivity contribution in [3.05, 3.63) is 70.9 Å². The van der Waals surface area contributed by atoms with E-state index in [1.807, 2.05) is 6.07 Å². The molecule has 2 N–H and O–H groups in total. The first-order valence-corrected chi connectivity index (χ1v) is 8.23. The third-order valence-corrected chi connectivity index (χ3v) is 3.85. The summed E-state index contributed by atoms with van der Waals surface area (Å²) in [5.74, 6) is 0.553. The summed E-state index contributed by atoms with van der Waals surface area (Å²) in [6, 6.07) is 17.0. The van der Waals surface area contributed by atoms with E-state index in [1.165, 1.54) is 6.07 Å². The molecule has 0 saturated carbocycles. The van der Waals surface area contributed by atoms with Crippen LogP contribution in [0.3, 0.4) is 0 Å². The number of hydrogen-bond acceptors (Lipinski definition) is 6. The van der Waals surface area contributed by atoms with Crippen molar-refractivity contribution in [2.24, 2.45) is 0 Å². The summed E-state index contributed by atoms with van der Waals surface area (Å²) >= 11 is 6.00. The second-order valence-corrected chi connectivity index (χ2v) is 5.82. The smallest absolute Gasteiger partial charge is 0.276 e. The van der Waals surface area contributed by atoms with Gasteiger partial charge >= 0.3 is 0 Å². The quantitative estimate of drug-likeness (QED) is 0.694. The number of nitriles is 1. The van der Waals surface area contributed by atoms with Gasteiger partial charge in [0.15, 0.2) is 11.5 Å². The van der Waals surface area contributed by atoms with Crippen LogP contribution < -0.4 is 15.4 Å². The van der Waals surface area contributed by atoms with E-state index in [2.05, 4.69) is 20.8 Å². The molecule has 0 aliphatic rings. The maximum atomic E-state index is 12.3. The molecule has 0 fully saturated rings. The number of ether oxygens (including phenoxy) is 1. The zero-order chi connectivity index (χ0) is 19.2. The molecule has 27 heavy (non-hydrogen) atoms. The van der Waals surface area contributed by atoms with Crippen LogP contribution in [0.25, 0.3) is 0 Å². The van der Waals surface area contributed by atoms with Crippen molar-refractivity contribution in [3.63, 3.8) is 0 Å². The van der Waals surface area contributed by atoms with Crippen molar-refractivity contribution in [1.29, 1.82) is 5.26 Å². The minimum Gasteiger partial charge on any atom is -0.495 e. The number of amides is 1. The van der Waals surface area contributed by atoms with E-state index in [0.717, 1.165) is 0 Å². The second-order valence-electron chi connectivity index (χ2n) is 5.38. The third-order valence-electron chi connectivity index (χ3n) is 3.62. The molecule has 0 aliphatic carbocycles. The fourth-order valence-corrected chi connectivity index (χ4v) is 2.48. The molecule has 3 rings (SSSR count). The molecular formula is C19H14ClN5O2. The molecule has 1 amide bonds. The maximum Gasteiger partial charge on any atom is 0.276 e. The SMILES string of the molecule is COc1ccc(Cl)cc1Nc1ccc(C(=O)Nc2ccccc2C#N)nn1. The topological polar surface area (TPSA) is 99.9 Å². The molecule has 0 spiro atoms. The number of benzene rings is 2. The molecule has 0 bridgehead atoms. The van der Waals surface area contributed by atoms with Crippen LogP contribution in [0.1, 0.15) is 16.1 Å². The molecule has 134 valence electrons. The van der Waals surface area contributed by atoms with E-state index >= 15 is 0 Å². The van der Waals surface area contributed by atoms with Gasteiger partial charge in [0, 0.05) is 5.02 Å². The van der Waals surface area contributed by atoms with Gasteiger partial charge in [-0.1, -0.05) is 23.7 Å². The highest BCUT2D eigenvalue weighted by molar-refractivity contribution is 6.31. The van der Waals surface area contributed by atoms with E-state index in [-0.39, 0.29) is 5.69 Å². The minimum atomic E-state index is -0.461. The lowest BCUT2D eigenvalue weighted by Gasteiger charge is -2.11. The largest absolute Gasteiger partial charge is 0.495 e. The average Bonchev–Trinajstić information content (AvgIpc) is 2.69. The van der Waals surface area contributed by atoms with Gasteiger partial charge in [-0.3, -0.25) is 4.79 Å². The van der Waals surface area contributed by atoms with Crippen molar-refractivity contribution >= 4 is 34.7 Å². The number of anilines is 3. The van der Waals surface area contributed by atoms with Gasteiger partial charge in [0.1, 0.15) is 11.8 Å². The predicted molar refractivity (Wildman–Crippen MR) is 102 cm³/mol. The molecule has 0 saturated heterocycles. The number of carbonyl (C=O) groups is 1. The first kappa shape index (κ1) is 18.2. The van der Waals surface area contributed by atoms with Gasteiger partial charge in [0.2, 0.25) is 0 Å². The van der Waals surface area contributed by atoms with E-state index in [0.29, 0.717) is 33.5 Å². The summed E-state index contributed by atoms with van der Waals surface area (Å²) < 4.78 is 5.26. The lowest BCUT2D eigenvalue weighted by atomic mass is 10.2. The lowest BCUT2D eigenvalue weighted by molar-refractivity contribution is 0.102. The number of carbonyl (C=O) groups excluding carboxylic acids is 1. The number of methoxy groups -OCH3 is 1. The van der Waals surface area contributed by atoms with Gasteiger partial charge in [0.05, 0.1) is 24.0 Å². The Hall–Kier alpha value is -3.63. The Morgan fingerprint density at radius 1 is 1.11 bits per heavy atom. The number of para-hydroxylation sites is 1. The highest BCUT2D eigenvalue weighted by atomic mass is 35.5. The van der Waals surface area contributed by atoms with Crippen LogP contribution in [0.15, 0.2) is 54.6 Å². The average molecular weight is 380 g/mol. The Labute approximate surface area is 160 Å². The standard InChI is InChI=1S/C19H14ClN5O2/c1-27-17-8-6-13(20)10-16(17)22-18-9-7-15(24-25-18)19(26)23-14-5-3-2-4-12(14)11-21/h2-10H,1H3,(H,22,25)(H,23,26). The van der Waals surface area contributed by atoms with Crippen molar-refractivity contribution in [1.82, 2.24) is 10.2 Å². The van der Waals surface area contributed by atoms with Gasteiger partial charge in [-0.15, -0.1) is 10.2 Å². The molecule has 2 aromatic carbocycles. The van der Waals surface area contributed by atoms with Crippen LogP contribution in [0, 0.1) is 11.3 Å². The zero-order valence-corrected chi connectivity index (χ0v) is 15.0. The molecule has 7 nitrogen and oxygen atoms in total. The molecule has 0 aliphatic heterocycles. The van der Waals surface area contributed by atoms with Crippen molar-refractivity contribution in [3.8, 4) is 11.8 Å². The minimum absolute atomic E-state index is 0.117. The summed E-state index contributed by atoms with van der Waals surface area (Å²) in [6.07, 6.45) is 0. The number of nitrogens with one attached hydrogen (secondary N) is 2. The Balaban J connectivity index is 1.75. The lowest BCUT2D eigenvalue weighted by Crippen LogP contribution is -2.15. The molecule has 0 radical (unpaired) electrons. The van der Waals surface area contributed by atoms with Crippen LogP contribution in [0.4, 0.5) is 17.2 Å². The Morgan fingerprint density at radius 2 is 1.93 bits per heavy atom. The summed E-state index contributed by atoms with van der Waals surface area (Å²) in [5.41, 5.74) is 1.52. The van der Waals surface area contributed by atoms with Gasteiger partial charge < -0.3 is 15.4 Å². The van der Waals surface area contributed by atoms with Gasteiger partial charge in [-0.05, 0) is 42.5 Å². The van der Waals surface area contributed by atoms with Gasteiger partial charge in [-0.2, -0.15) is 5.26 Å². The van der Waals surface area contributed by atoms with E-state index in [9.17, 15) is 4.79 Å². The Morgan fingerprint density at radius 3 is 2.63 bits per heavy atom. The van der Waals surface area contributed by atoms with Crippen molar-refractivity contribution in [2.75, 3.05) is 17.7 Å². The highest BCUT2D eigenvalue weighted by Crippen LogP contribution is 2.29. The number of hydrogen-bond donors (Lipinski definition) is 2. The number of aromatic nitrogens is 2. The summed E-state index contributed by atoms with van der Waals surface area (Å²) in [7, 11) is 1.55. The molecular weight excluding hydrogens is 366 g/mol. The first-order valence-electron chi connectivity index (χ1n) is 7.85. The molecule has 3 aromatic rings. The Kier molecular flexibility index (Phi) is 5.50. The van der Waals surface area contributed by atoms with Gasteiger partial charge in [-0.25, -0.2) is 0 Å². The maximum absolute atomic E-state index is 12.3. The highest BCUT2D eigenvalue weighted by Gasteiger charge is 2.12. The predicted octanol–water partition coefficient (Wildman–Crippen LogP) is 4.01. The third kappa shape index (κ3) is 4.32. The van der Waals surface area contributed by atoms with Crippen LogP contribution in [0.5, 0.6) is 5.75 Å². The molecule has 8 heteroatoms. The zero-order valence-electron chi connectivity index (χ0n) is 14.2. The fourth-order valence-electron chi connectivity index (χ4n) is 2.31. The molecule has 1 aromatic heterocycles. The summed E-state index contributed by atoms with van der Waals surface area (Å²) in [5, 5.41) is 23.2. The molecule has 1 heterocycles. The fraction of sp³-hybridized carbons (Fsp3) is 0.0526. The van der Waals surface area contributed by atoms with Crippen LogP contribution in [-0.4, -0.2) is 23.2 Å². The van der Waals surface area contributed by atoms with Crippen LogP contribution >= 0.6 is 11.6 Å². The molecule has 0 atom stereocenters. The molecule has 0 unspecified atom stereocenters. The summed E-state index contributed by atoms with van der Waals surface area (Å²) in [6.45, 7) is 0. The summed E-state index contributed by atoms with van der Waals surface area (Å²) in [4.78, 5) is 12.3. The normalized spacial score (nSPS) is 9.96. The van der Waals surface area contributed by atoms with E-state index in [4.69, 9.17) is 21.6 Å². The second kappa shape index (κ2) is 8.17. The first-order chi connectivity index (χ1) is 13.1. The number of halogens is 1. The van der Waals surface area contributed by atoms with Crippen molar-refractivity contribution in [2.45, 2.75) is 0 Å².